The third-order valence-corrected chi connectivity index (χ3v) is 4.94. The zero-order chi connectivity index (χ0) is 19.7. The number of rotatable bonds is 5. The molecule has 28 heavy (non-hydrogen) atoms. The van der Waals surface area contributed by atoms with Gasteiger partial charge in [-0.25, -0.2) is 9.36 Å². The van der Waals surface area contributed by atoms with Crippen LogP contribution in [0.15, 0.2) is 48.5 Å². The highest BCUT2D eigenvalue weighted by molar-refractivity contribution is 5.97. The molecule has 7 heteroatoms. The molecule has 142 valence electrons. The number of hydrogen-bond donors (Lipinski definition) is 1. The van der Waals surface area contributed by atoms with Crippen LogP contribution in [0.3, 0.4) is 0 Å². The molecule has 1 amide bonds. The molecule has 4 aromatic rings. The first-order valence-corrected chi connectivity index (χ1v) is 9.30. The van der Waals surface area contributed by atoms with E-state index < -0.39 is 0 Å². The fourth-order valence-electron chi connectivity index (χ4n) is 3.37. The standard InChI is InChI=1S/C21H22N6O/c1-4-26-20-11-10-16(12-19(20)23-25-26)21(28)22-13-18-14(2)24-27(15(18)3)17-8-6-5-7-9-17/h5-12H,4,13H2,1-3H3,(H,22,28). The summed E-state index contributed by atoms with van der Waals surface area (Å²) >= 11 is 0. The zero-order valence-electron chi connectivity index (χ0n) is 16.2. The summed E-state index contributed by atoms with van der Waals surface area (Å²) in [5.74, 6) is -0.140. The molecule has 0 bridgehead atoms. The Balaban J connectivity index is 1.53. The molecular formula is C21H22N6O. The maximum absolute atomic E-state index is 12.6. The van der Waals surface area contributed by atoms with Crippen LogP contribution in [0, 0.1) is 13.8 Å². The van der Waals surface area contributed by atoms with Gasteiger partial charge in [-0.05, 0) is 51.1 Å². The lowest BCUT2D eigenvalue weighted by atomic mass is 10.1. The van der Waals surface area contributed by atoms with Gasteiger partial charge in [0.1, 0.15) is 5.52 Å². The Kier molecular flexibility index (Phi) is 4.65. The zero-order valence-corrected chi connectivity index (χ0v) is 16.2. The number of aromatic nitrogens is 5. The van der Waals surface area contributed by atoms with Gasteiger partial charge in [0.2, 0.25) is 0 Å². The minimum Gasteiger partial charge on any atom is -0.348 e. The van der Waals surface area contributed by atoms with Crippen LogP contribution in [0.2, 0.25) is 0 Å². The van der Waals surface area contributed by atoms with Gasteiger partial charge >= 0.3 is 0 Å². The highest BCUT2D eigenvalue weighted by atomic mass is 16.1. The van der Waals surface area contributed by atoms with Gasteiger partial charge in [0, 0.05) is 29.9 Å². The van der Waals surface area contributed by atoms with Gasteiger partial charge in [-0.1, -0.05) is 23.4 Å². The van der Waals surface area contributed by atoms with Crippen molar-refractivity contribution in [3.05, 3.63) is 71.0 Å². The molecule has 1 N–H and O–H groups in total. The van der Waals surface area contributed by atoms with E-state index in [0.717, 1.165) is 40.2 Å². The number of aryl methyl sites for hydroxylation is 2. The molecule has 2 aromatic heterocycles. The Hall–Kier alpha value is -3.48. The molecule has 0 aliphatic carbocycles. The Morgan fingerprint density at radius 1 is 1.11 bits per heavy atom. The predicted octanol–water partition coefficient (Wildman–Crippen LogP) is 3.18. The van der Waals surface area contributed by atoms with Gasteiger partial charge in [-0.3, -0.25) is 4.79 Å². The number of nitrogens with zero attached hydrogens (tertiary/aromatic N) is 5. The molecular weight excluding hydrogens is 352 g/mol. The number of para-hydroxylation sites is 1. The van der Waals surface area contributed by atoms with Crippen LogP contribution < -0.4 is 5.32 Å². The van der Waals surface area contributed by atoms with Crippen molar-refractivity contribution < 1.29 is 4.79 Å². The smallest absolute Gasteiger partial charge is 0.251 e. The highest BCUT2D eigenvalue weighted by Crippen LogP contribution is 2.18. The molecule has 2 heterocycles. The second-order valence-corrected chi connectivity index (χ2v) is 6.69. The number of carbonyl (C=O) groups excluding carboxylic acids is 1. The molecule has 0 saturated carbocycles. The molecule has 0 aliphatic rings. The monoisotopic (exact) mass is 374 g/mol. The van der Waals surface area contributed by atoms with E-state index >= 15 is 0 Å². The van der Waals surface area contributed by atoms with Crippen molar-refractivity contribution in [2.45, 2.75) is 33.9 Å². The molecule has 0 spiro atoms. The van der Waals surface area contributed by atoms with Crippen molar-refractivity contribution in [3.63, 3.8) is 0 Å². The maximum Gasteiger partial charge on any atom is 0.251 e. The first-order valence-electron chi connectivity index (χ1n) is 9.30. The first-order chi connectivity index (χ1) is 13.6. The first kappa shape index (κ1) is 17.9. The van der Waals surface area contributed by atoms with Crippen molar-refractivity contribution in [1.82, 2.24) is 30.1 Å². The summed E-state index contributed by atoms with van der Waals surface area (Å²) in [5, 5.41) is 15.9. The van der Waals surface area contributed by atoms with Crippen LogP contribution in [0.25, 0.3) is 16.7 Å². The summed E-state index contributed by atoms with van der Waals surface area (Å²) in [6.07, 6.45) is 0. The Morgan fingerprint density at radius 2 is 1.89 bits per heavy atom. The normalized spacial score (nSPS) is 11.1. The van der Waals surface area contributed by atoms with Crippen molar-refractivity contribution in [3.8, 4) is 5.69 Å². The molecule has 4 rings (SSSR count). The number of fused-ring (bicyclic) bond motifs is 1. The van der Waals surface area contributed by atoms with Crippen molar-refractivity contribution in [1.29, 1.82) is 0 Å². The fraction of sp³-hybridized carbons (Fsp3) is 0.238. The predicted molar refractivity (Wildman–Crippen MR) is 107 cm³/mol. The van der Waals surface area contributed by atoms with E-state index in [-0.39, 0.29) is 5.91 Å². The van der Waals surface area contributed by atoms with E-state index in [9.17, 15) is 4.79 Å². The van der Waals surface area contributed by atoms with E-state index in [1.165, 1.54) is 0 Å². The van der Waals surface area contributed by atoms with E-state index in [1.54, 1.807) is 12.1 Å². The van der Waals surface area contributed by atoms with E-state index in [1.807, 2.05) is 66.5 Å². The number of hydrogen-bond acceptors (Lipinski definition) is 4. The van der Waals surface area contributed by atoms with Gasteiger partial charge in [-0.2, -0.15) is 5.10 Å². The van der Waals surface area contributed by atoms with Crippen molar-refractivity contribution in [2.24, 2.45) is 0 Å². The molecule has 7 nitrogen and oxygen atoms in total. The Labute approximate surface area is 163 Å². The third-order valence-electron chi connectivity index (χ3n) is 4.94. The number of amides is 1. The quantitative estimate of drug-likeness (QED) is 0.582. The largest absolute Gasteiger partial charge is 0.348 e. The van der Waals surface area contributed by atoms with Crippen molar-refractivity contribution in [2.75, 3.05) is 0 Å². The highest BCUT2D eigenvalue weighted by Gasteiger charge is 2.15. The van der Waals surface area contributed by atoms with Gasteiger partial charge in [0.15, 0.2) is 0 Å². The van der Waals surface area contributed by atoms with Gasteiger partial charge in [0.25, 0.3) is 5.91 Å². The summed E-state index contributed by atoms with van der Waals surface area (Å²) in [5.41, 5.74) is 6.17. The van der Waals surface area contributed by atoms with Crippen LogP contribution in [0.4, 0.5) is 0 Å². The van der Waals surface area contributed by atoms with E-state index in [0.29, 0.717) is 12.1 Å². The number of nitrogens with one attached hydrogen (secondary N) is 1. The van der Waals surface area contributed by atoms with Crippen LogP contribution >= 0.6 is 0 Å². The molecule has 0 unspecified atom stereocenters. The fourth-order valence-corrected chi connectivity index (χ4v) is 3.37. The van der Waals surface area contributed by atoms with Crippen LogP contribution in [-0.4, -0.2) is 30.7 Å². The lowest BCUT2D eigenvalue weighted by Crippen LogP contribution is -2.23. The van der Waals surface area contributed by atoms with Gasteiger partial charge in [0.05, 0.1) is 16.9 Å². The second kappa shape index (κ2) is 7.26. The molecule has 2 aromatic carbocycles. The average molecular weight is 374 g/mol. The minimum absolute atomic E-state index is 0.140. The van der Waals surface area contributed by atoms with Gasteiger partial charge in [-0.15, -0.1) is 5.10 Å². The number of benzene rings is 2. The van der Waals surface area contributed by atoms with E-state index in [4.69, 9.17) is 0 Å². The summed E-state index contributed by atoms with van der Waals surface area (Å²) in [4.78, 5) is 12.6. The average Bonchev–Trinajstić information content (AvgIpc) is 3.26. The van der Waals surface area contributed by atoms with E-state index in [2.05, 4.69) is 20.7 Å². The van der Waals surface area contributed by atoms with Crippen LogP contribution in [0.5, 0.6) is 0 Å². The topological polar surface area (TPSA) is 77.6 Å². The minimum atomic E-state index is -0.140. The Morgan fingerprint density at radius 3 is 2.64 bits per heavy atom. The summed E-state index contributed by atoms with van der Waals surface area (Å²) < 4.78 is 3.72. The summed E-state index contributed by atoms with van der Waals surface area (Å²) in [6.45, 7) is 7.15. The van der Waals surface area contributed by atoms with Gasteiger partial charge < -0.3 is 5.32 Å². The Bertz CT molecular complexity index is 1140. The molecule has 0 saturated heterocycles. The summed E-state index contributed by atoms with van der Waals surface area (Å²) in [6, 6.07) is 15.4. The molecule has 0 fully saturated rings. The molecule has 0 radical (unpaired) electrons. The van der Waals surface area contributed by atoms with Crippen LogP contribution in [-0.2, 0) is 13.1 Å². The number of carbonyl (C=O) groups is 1. The third kappa shape index (κ3) is 3.15. The van der Waals surface area contributed by atoms with Crippen molar-refractivity contribution >= 4 is 16.9 Å². The lowest BCUT2D eigenvalue weighted by Gasteiger charge is -2.07. The SMILES string of the molecule is CCn1nnc2cc(C(=O)NCc3c(C)nn(-c4ccccc4)c3C)ccc21. The summed E-state index contributed by atoms with van der Waals surface area (Å²) in [7, 11) is 0. The lowest BCUT2D eigenvalue weighted by molar-refractivity contribution is 0.0951. The molecule has 0 atom stereocenters. The van der Waals surface area contributed by atoms with Crippen LogP contribution in [0.1, 0.15) is 34.2 Å². The molecule has 0 aliphatic heterocycles. The maximum atomic E-state index is 12.6. The second-order valence-electron chi connectivity index (χ2n) is 6.69.